The molecule has 0 fully saturated rings. The van der Waals surface area contributed by atoms with Crippen LogP contribution in [0.2, 0.25) is 0 Å². The van der Waals surface area contributed by atoms with E-state index < -0.39 is 0 Å². The Kier molecular flexibility index (Phi) is 10.7. The Morgan fingerprint density at radius 1 is 0.950 bits per heavy atom. The molecule has 0 aliphatic rings. The highest BCUT2D eigenvalue weighted by Crippen LogP contribution is 2.23. The summed E-state index contributed by atoms with van der Waals surface area (Å²) in [5.41, 5.74) is 0. The Labute approximate surface area is 149 Å². The van der Waals surface area contributed by atoms with Crippen LogP contribution in [0.5, 0.6) is 5.75 Å². The number of carbonyl (C=O) groups excluding carboxylic acids is 1. The van der Waals surface area contributed by atoms with E-state index in [9.17, 15) is 4.79 Å². The van der Waals surface area contributed by atoms with E-state index in [-0.39, 0.29) is 0 Å². The van der Waals surface area contributed by atoms with Gasteiger partial charge in [-0.3, -0.25) is 0 Å². The molecule has 0 spiro atoms. The SMILES string of the molecule is O=CCCCCCCCCCOc1cc(I)ccc1I. The van der Waals surface area contributed by atoms with Crippen molar-refractivity contribution >= 4 is 51.5 Å². The molecule has 112 valence electrons. The quantitative estimate of drug-likeness (QED) is 0.225. The van der Waals surface area contributed by atoms with E-state index in [0.717, 1.165) is 37.9 Å². The summed E-state index contributed by atoms with van der Waals surface area (Å²) in [6, 6.07) is 6.28. The smallest absolute Gasteiger partial charge is 0.133 e. The number of hydrogen-bond donors (Lipinski definition) is 0. The van der Waals surface area contributed by atoms with E-state index in [1.54, 1.807) is 0 Å². The van der Waals surface area contributed by atoms with Crippen molar-refractivity contribution in [1.29, 1.82) is 0 Å². The zero-order chi connectivity index (χ0) is 14.6. The Balaban J connectivity index is 1.99. The second-order valence-corrected chi connectivity index (χ2v) is 7.26. The first-order valence-corrected chi connectivity index (χ1v) is 9.41. The highest BCUT2D eigenvalue weighted by Gasteiger charge is 2.01. The summed E-state index contributed by atoms with van der Waals surface area (Å²) in [5, 5.41) is 0. The molecule has 1 aromatic carbocycles. The van der Waals surface area contributed by atoms with Crippen LogP contribution in [0.3, 0.4) is 0 Å². The molecule has 0 bridgehead atoms. The molecular weight excluding hydrogens is 478 g/mol. The average molecular weight is 500 g/mol. The second-order valence-electron chi connectivity index (χ2n) is 4.85. The van der Waals surface area contributed by atoms with Crippen LogP contribution in [-0.4, -0.2) is 12.9 Å². The van der Waals surface area contributed by atoms with E-state index in [4.69, 9.17) is 4.74 Å². The number of carbonyl (C=O) groups is 1. The van der Waals surface area contributed by atoms with E-state index >= 15 is 0 Å². The molecule has 0 saturated heterocycles. The van der Waals surface area contributed by atoms with E-state index in [2.05, 4.69) is 63.4 Å². The Hall–Kier alpha value is 0.150. The van der Waals surface area contributed by atoms with E-state index in [1.165, 1.54) is 39.2 Å². The number of benzene rings is 1. The molecule has 0 radical (unpaired) electrons. The van der Waals surface area contributed by atoms with Gasteiger partial charge in [0.15, 0.2) is 0 Å². The predicted octanol–water partition coefficient (Wildman–Crippen LogP) is 5.59. The van der Waals surface area contributed by atoms with Crippen LogP contribution in [-0.2, 0) is 4.79 Å². The van der Waals surface area contributed by atoms with E-state index in [0.29, 0.717) is 0 Å². The van der Waals surface area contributed by atoms with Crippen molar-refractivity contribution in [2.75, 3.05) is 6.61 Å². The number of halogens is 2. The summed E-state index contributed by atoms with van der Waals surface area (Å²) in [6.07, 6.45) is 10.1. The van der Waals surface area contributed by atoms with Gasteiger partial charge in [-0.15, -0.1) is 0 Å². The monoisotopic (exact) mass is 500 g/mol. The van der Waals surface area contributed by atoms with Gasteiger partial charge in [-0.2, -0.15) is 0 Å². The number of hydrogen-bond acceptors (Lipinski definition) is 2. The Bertz CT molecular complexity index is 394. The topological polar surface area (TPSA) is 26.3 Å². The molecule has 0 N–H and O–H groups in total. The van der Waals surface area contributed by atoms with Crippen LogP contribution < -0.4 is 4.74 Å². The molecular formula is C16H22I2O2. The zero-order valence-electron chi connectivity index (χ0n) is 11.7. The van der Waals surface area contributed by atoms with Gasteiger partial charge < -0.3 is 9.53 Å². The largest absolute Gasteiger partial charge is 0.492 e. The van der Waals surface area contributed by atoms with Crippen LogP contribution in [0.15, 0.2) is 18.2 Å². The van der Waals surface area contributed by atoms with Crippen LogP contribution in [0.1, 0.15) is 51.4 Å². The van der Waals surface area contributed by atoms with Crippen molar-refractivity contribution in [1.82, 2.24) is 0 Å². The molecule has 0 aliphatic carbocycles. The van der Waals surface area contributed by atoms with Crippen molar-refractivity contribution in [2.24, 2.45) is 0 Å². The second kappa shape index (κ2) is 11.8. The standard InChI is InChI=1S/C16H22I2O2/c17-14-9-10-15(18)16(13-14)20-12-8-6-4-2-1-3-5-7-11-19/h9-11,13H,1-8,12H2. The molecule has 0 saturated carbocycles. The third-order valence-electron chi connectivity index (χ3n) is 3.12. The maximum absolute atomic E-state index is 10.2. The first-order valence-electron chi connectivity index (χ1n) is 7.25. The van der Waals surface area contributed by atoms with Gasteiger partial charge in [0.2, 0.25) is 0 Å². The number of unbranched alkanes of at least 4 members (excludes halogenated alkanes) is 7. The van der Waals surface area contributed by atoms with Gasteiger partial charge >= 0.3 is 0 Å². The lowest BCUT2D eigenvalue weighted by Gasteiger charge is -2.08. The van der Waals surface area contributed by atoms with Crippen molar-refractivity contribution in [2.45, 2.75) is 51.4 Å². The van der Waals surface area contributed by atoms with Gasteiger partial charge in [0, 0.05) is 9.99 Å². The van der Waals surface area contributed by atoms with Gasteiger partial charge in [-0.25, -0.2) is 0 Å². The minimum Gasteiger partial charge on any atom is -0.492 e. The van der Waals surface area contributed by atoms with Crippen molar-refractivity contribution in [3.05, 3.63) is 25.3 Å². The maximum Gasteiger partial charge on any atom is 0.133 e. The van der Waals surface area contributed by atoms with Crippen LogP contribution in [0.4, 0.5) is 0 Å². The average Bonchev–Trinajstić information content (AvgIpc) is 2.44. The molecule has 20 heavy (non-hydrogen) atoms. The maximum atomic E-state index is 10.2. The number of aldehydes is 1. The lowest BCUT2D eigenvalue weighted by Crippen LogP contribution is -1.99. The van der Waals surface area contributed by atoms with Crippen LogP contribution in [0, 0.1) is 7.14 Å². The highest BCUT2D eigenvalue weighted by molar-refractivity contribution is 14.1. The fraction of sp³-hybridized carbons (Fsp3) is 0.562. The van der Waals surface area contributed by atoms with Gasteiger partial charge in [-0.1, -0.05) is 32.1 Å². The molecule has 2 nitrogen and oxygen atoms in total. The van der Waals surface area contributed by atoms with Gasteiger partial charge in [0.25, 0.3) is 0 Å². The van der Waals surface area contributed by atoms with Crippen molar-refractivity contribution in [3.63, 3.8) is 0 Å². The minimum absolute atomic E-state index is 0.725. The number of rotatable bonds is 11. The fourth-order valence-corrected chi connectivity index (χ4v) is 2.94. The summed E-state index contributed by atoms with van der Waals surface area (Å²) in [6.45, 7) is 0.807. The van der Waals surface area contributed by atoms with Crippen LogP contribution in [0.25, 0.3) is 0 Å². The minimum atomic E-state index is 0.725. The van der Waals surface area contributed by atoms with Gasteiger partial charge in [0.05, 0.1) is 10.2 Å². The third-order valence-corrected chi connectivity index (χ3v) is 4.68. The van der Waals surface area contributed by atoms with Crippen LogP contribution >= 0.6 is 45.2 Å². The first-order chi connectivity index (χ1) is 9.74. The summed E-state index contributed by atoms with van der Waals surface area (Å²) >= 11 is 4.62. The molecule has 0 atom stereocenters. The summed E-state index contributed by atoms with van der Waals surface area (Å²) in [7, 11) is 0. The molecule has 0 heterocycles. The third kappa shape index (κ3) is 8.44. The molecule has 1 rings (SSSR count). The van der Waals surface area contributed by atoms with Crippen molar-refractivity contribution < 1.29 is 9.53 Å². The lowest BCUT2D eigenvalue weighted by atomic mass is 10.1. The predicted molar refractivity (Wildman–Crippen MR) is 100 cm³/mol. The highest BCUT2D eigenvalue weighted by atomic mass is 127. The zero-order valence-corrected chi connectivity index (χ0v) is 16.1. The molecule has 0 unspecified atom stereocenters. The summed E-state index contributed by atoms with van der Waals surface area (Å²) in [4.78, 5) is 10.2. The molecule has 0 aliphatic heterocycles. The number of ether oxygens (including phenoxy) is 1. The molecule has 4 heteroatoms. The Morgan fingerprint density at radius 2 is 1.60 bits per heavy atom. The molecule has 0 aromatic heterocycles. The fourth-order valence-electron chi connectivity index (χ4n) is 1.98. The first kappa shape index (κ1) is 18.2. The van der Waals surface area contributed by atoms with Crippen molar-refractivity contribution in [3.8, 4) is 5.75 Å². The summed E-state index contributed by atoms with van der Waals surface area (Å²) in [5.74, 6) is 1.01. The Morgan fingerprint density at radius 3 is 2.30 bits per heavy atom. The van der Waals surface area contributed by atoms with Gasteiger partial charge in [0.1, 0.15) is 12.0 Å². The lowest BCUT2D eigenvalue weighted by molar-refractivity contribution is -0.107. The molecule has 1 aromatic rings. The van der Waals surface area contributed by atoms with Gasteiger partial charge in [-0.05, 0) is 76.2 Å². The van der Waals surface area contributed by atoms with E-state index in [1.807, 2.05) is 0 Å². The molecule has 0 amide bonds. The summed E-state index contributed by atoms with van der Waals surface area (Å²) < 4.78 is 8.22. The normalized spacial score (nSPS) is 10.5.